The van der Waals surface area contributed by atoms with E-state index < -0.39 is 22.2 Å². The minimum Gasteiger partial charge on any atom is -0.395 e. The summed E-state index contributed by atoms with van der Waals surface area (Å²) in [5, 5.41) is 19.5. The van der Waals surface area contributed by atoms with Crippen molar-refractivity contribution in [1.29, 1.82) is 0 Å². The second kappa shape index (κ2) is 7.08. The molecule has 3 N–H and O–H groups in total. The van der Waals surface area contributed by atoms with Crippen molar-refractivity contribution in [2.45, 2.75) is 58.1 Å². The minimum absolute atomic E-state index is 0.157. The second-order valence-electron chi connectivity index (χ2n) is 6.89. The lowest BCUT2D eigenvalue weighted by molar-refractivity contribution is 0.0420. The van der Waals surface area contributed by atoms with Crippen molar-refractivity contribution < 1.29 is 18.6 Å². The highest BCUT2D eigenvalue weighted by molar-refractivity contribution is 7.89. The Bertz CT molecular complexity index is 605. The lowest BCUT2D eigenvalue weighted by Gasteiger charge is -2.29. The molecule has 2 atom stereocenters. The molecule has 0 amide bonds. The molecule has 0 fully saturated rings. The van der Waals surface area contributed by atoms with Gasteiger partial charge in [0.1, 0.15) is 0 Å². The number of aliphatic hydroxyl groups excluding tert-OH is 2. The average molecular weight is 329 g/mol. The third kappa shape index (κ3) is 5.05. The Morgan fingerprint density at radius 3 is 2.32 bits per heavy atom. The summed E-state index contributed by atoms with van der Waals surface area (Å²) in [5.41, 5.74) is 1.12. The molecule has 1 aromatic rings. The fourth-order valence-electron chi connectivity index (χ4n) is 2.06. The molecule has 0 aliphatic carbocycles. The molecule has 5 nitrogen and oxygen atoms in total. The van der Waals surface area contributed by atoms with Crippen LogP contribution < -0.4 is 4.72 Å². The van der Waals surface area contributed by atoms with Gasteiger partial charge in [-0.2, -0.15) is 0 Å². The van der Waals surface area contributed by atoms with Crippen LogP contribution in [0.3, 0.4) is 0 Å². The smallest absolute Gasteiger partial charge is 0.241 e. The van der Waals surface area contributed by atoms with Crippen molar-refractivity contribution >= 4 is 10.0 Å². The number of sulfonamides is 1. The maximum Gasteiger partial charge on any atom is 0.241 e. The maximum atomic E-state index is 12.5. The summed E-state index contributed by atoms with van der Waals surface area (Å²) in [5.74, 6) is 0. The fourth-order valence-corrected chi connectivity index (χ4v) is 3.63. The second-order valence-corrected chi connectivity index (χ2v) is 8.57. The zero-order chi connectivity index (χ0) is 17.1. The molecule has 1 aromatic carbocycles. The lowest BCUT2D eigenvalue weighted by atomic mass is 9.86. The number of hydrogen-bond acceptors (Lipinski definition) is 4. The van der Waals surface area contributed by atoms with E-state index in [2.05, 4.69) is 4.72 Å². The Balaban J connectivity index is 2.96. The maximum absolute atomic E-state index is 12.5. The van der Waals surface area contributed by atoms with Crippen molar-refractivity contribution in [2.24, 2.45) is 5.41 Å². The Hall–Kier alpha value is -0.950. The van der Waals surface area contributed by atoms with Gasteiger partial charge in [0, 0.05) is 6.04 Å². The van der Waals surface area contributed by atoms with E-state index in [1.54, 1.807) is 19.1 Å². The van der Waals surface area contributed by atoms with Gasteiger partial charge in [-0.25, -0.2) is 13.1 Å². The van der Waals surface area contributed by atoms with Crippen molar-refractivity contribution in [2.75, 3.05) is 6.61 Å². The monoisotopic (exact) mass is 329 g/mol. The molecule has 22 heavy (non-hydrogen) atoms. The predicted molar refractivity (Wildman–Crippen MR) is 87.2 cm³/mol. The highest BCUT2D eigenvalue weighted by atomic mass is 32.2. The van der Waals surface area contributed by atoms with Crippen LogP contribution in [0.5, 0.6) is 0 Å². The SMILES string of the molecule is Cc1ccc(C)c(S(=O)(=O)N[C@H](CO)C[C@@H](O)C(C)(C)C)c1. The Morgan fingerprint density at radius 2 is 1.82 bits per heavy atom. The number of nitrogens with one attached hydrogen (secondary N) is 1. The molecule has 0 aliphatic rings. The summed E-state index contributed by atoms with van der Waals surface area (Å²) in [7, 11) is -3.74. The van der Waals surface area contributed by atoms with Gasteiger partial charge < -0.3 is 10.2 Å². The normalized spacial score (nSPS) is 15.6. The summed E-state index contributed by atoms with van der Waals surface area (Å²) in [6.45, 7) is 8.79. The minimum atomic E-state index is -3.74. The van der Waals surface area contributed by atoms with Gasteiger partial charge >= 0.3 is 0 Å². The highest BCUT2D eigenvalue weighted by Gasteiger charge is 2.28. The first-order chi connectivity index (χ1) is 9.97. The van der Waals surface area contributed by atoms with E-state index in [0.717, 1.165) is 5.56 Å². The van der Waals surface area contributed by atoms with Crippen LogP contribution in [0, 0.1) is 19.3 Å². The third-order valence-corrected chi connectivity index (χ3v) is 5.35. The van der Waals surface area contributed by atoms with E-state index in [1.165, 1.54) is 0 Å². The molecule has 0 unspecified atom stereocenters. The molecular formula is C16H27NO4S. The van der Waals surface area contributed by atoms with Gasteiger partial charge in [0.25, 0.3) is 0 Å². The summed E-state index contributed by atoms with van der Waals surface area (Å²) in [4.78, 5) is 0.205. The molecule has 6 heteroatoms. The summed E-state index contributed by atoms with van der Waals surface area (Å²) in [6.07, 6.45) is -0.560. The zero-order valence-electron chi connectivity index (χ0n) is 13.9. The molecule has 0 heterocycles. The van der Waals surface area contributed by atoms with Crippen LogP contribution in [-0.2, 0) is 10.0 Å². The first-order valence-corrected chi connectivity index (χ1v) is 8.84. The number of rotatable bonds is 6. The molecular weight excluding hydrogens is 302 g/mol. The van der Waals surface area contributed by atoms with Crippen LogP contribution >= 0.6 is 0 Å². The Morgan fingerprint density at radius 1 is 1.23 bits per heavy atom. The van der Waals surface area contributed by atoms with E-state index in [0.29, 0.717) is 5.56 Å². The molecule has 1 rings (SSSR count). The summed E-state index contributed by atoms with van der Waals surface area (Å²) < 4.78 is 27.5. The molecule has 0 saturated carbocycles. The number of aryl methyl sites for hydroxylation is 2. The number of aliphatic hydroxyl groups is 2. The van der Waals surface area contributed by atoms with E-state index in [-0.39, 0.29) is 23.3 Å². The third-order valence-electron chi connectivity index (χ3n) is 3.68. The molecule has 0 radical (unpaired) electrons. The van der Waals surface area contributed by atoms with Gasteiger partial charge in [0.05, 0.1) is 17.6 Å². The van der Waals surface area contributed by atoms with Crippen molar-refractivity contribution in [3.05, 3.63) is 29.3 Å². The van der Waals surface area contributed by atoms with Crippen molar-refractivity contribution in [1.82, 2.24) is 4.72 Å². The topological polar surface area (TPSA) is 86.6 Å². The molecule has 0 bridgehead atoms. The van der Waals surface area contributed by atoms with Gasteiger partial charge in [-0.3, -0.25) is 0 Å². The lowest BCUT2D eigenvalue weighted by Crippen LogP contribution is -2.42. The van der Waals surface area contributed by atoms with E-state index in [1.807, 2.05) is 33.8 Å². The van der Waals surface area contributed by atoms with E-state index in [9.17, 15) is 18.6 Å². The average Bonchev–Trinajstić information content (AvgIpc) is 2.39. The first-order valence-electron chi connectivity index (χ1n) is 7.36. The van der Waals surface area contributed by atoms with Gasteiger partial charge in [-0.05, 0) is 42.9 Å². The molecule has 0 saturated heterocycles. The largest absolute Gasteiger partial charge is 0.395 e. The molecule has 126 valence electrons. The first kappa shape index (κ1) is 19.1. The fraction of sp³-hybridized carbons (Fsp3) is 0.625. The van der Waals surface area contributed by atoms with Gasteiger partial charge in [-0.15, -0.1) is 0 Å². The highest BCUT2D eigenvalue weighted by Crippen LogP contribution is 2.23. The zero-order valence-corrected chi connectivity index (χ0v) is 14.7. The Labute approximate surface area is 133 Å². The summed E-state index contributed by atoms with van der Waals surface area (Å²) in [6, 6.07) is 4.48. The quantitative estimate of drug-likeness (QED) is 0.742. The number of benzene rings is 1. The van der Waals surface area contributed by atoms with Crippen LogP contribution in [0.2, 0.25) is 0 Å². The molecule has 0 aromatic heterocycles. The van der Waals surface area contributed by atoms with Crippen molar-refractivity contribution in [3.63, 3.8) is 0 Å². The predicted octanol–water partition coefficient (Wildman–Crippen LogP) is 1.74. The molecule has 0 aliphatic heterocycles. The van der Waals surface area contributed by atoms with Crippen molar-refractivity contribution in [3.8, 4) is 0 Å². The summed E-state index contributed by atoms with van der Waals surface area (Å²) >= 11 is 0. The van der Waals surface area contributed by atoms with Gasteiger partial charge in [0.2, 0.25) is 10.0 Å². The van der Waals surface area contributed by atoms with Gasteiger partial charge in [-0.1, -0.05) is 32.9 Å². The van der Waals surface area contributed by atoms with Crippen LogP contribution in [0.25, 0.3) is 0 Å². The van der Waals surface area contributed by atoms with Crippen LogP contribution in [0.15, 0.2) is 23.1 Å². The Kier molecular flexibility index (Phi) is 6.15. The van der Waals surface area contributed by atoms with Gasteiger partial charge in [0.15, 0.2) is 0 Å². The van der Waals surface area contributed by atoms with Crippen LogP contribution in [-0.4, -0.2) is 37.4 Å². The van der Waals surface area contributed by atoms with Crippen LogP contribution in [0.4, 0.5) is 0 Å². The molecule has 0 spiro atoms. The van der Waals surface area contributed by atoms with E-state index >= 15 is 0 Å². The van der Waals surface area contributed by atoms with E-state index in [4.69, 9.17) is 0 Å². The van der Waals surface area contributed by atoms with Crippen LogP contribution in [0.1, 0.15) is 38.3 Å². The number of hydrogen-bond donors (Lipinski definition) is 3. The standard InChI is InChI=1S/C16H27NO4S/c1-11-6-7-12(2)14(8-11)22(20,21)17-13(10-18)9-15(19)16(3,4)5/h6-8,13,15,17-19H,9-10H2,1-5H3/t13-,15+/m0/s1.